The Kier molecular flexibility index (Phi) is 6.46. The highest BCUT2D eigenvalue weighted by Gasteiger charge is 2.11. The minimum Gasteiger partial charge on any atom is -0.491 e. The van der Waals surface area contributed by atoms with Crippen LogP contribution in [0.25, 0.3) is 0 Å². The van der Waals surface area contributed by atoms with Crippen molar-refractivity contribution in [1.29, 1.82) is 0 Å². The van der Waals surface area contributed by atoms with Gasteiger partial charge >= 0.3 is 0 Å². The first-order chi connectivity index (χ1) is 10.9. The van der Waals surface area contributed by atoms with Crippen molar-refractivity contribution >= 4 is 11.6 Å². The Balaban J connectivity index is 1.82. The molecule has 0 aromatic heterocycles. The van der Waals surface area contributed by atoms with Crippen molar-refractivity contribution in [2.24, 2.45) is 0 Å². The lowest BCUT2D eigenvalue weighted by molar-refractivity contribution is 0.0743. The number of nitrogens with zero attached hydrogens (tertiary/aromatic N) is 1. The summed E-state index contributed by atoms with van der Waals surface area (Å²) in [6.07, 6.45) is -0.552. The maximum atomic E-state index is 10.2. The second kappa shape index (κ2) is 8.34. The van der Waals surface area contributed by atoms with Gasteiger partial charge in [-0.25, -0.2) is 0 Å². The first-order valence-electron chi connectivity index (χ1n) is 7.75. The normalized spacial score (nSPS) is 12.4. The molecule has 3 nitrogen and oxygen atoms in total. The topological polar surface area (TPSA) is 32.7 Å². The number of halogens is 1. The van der Waals surface area contributed by atoms with Crippen molar-refractivity contribution in [1.82, 2.24) is 4.90 Å². The molecule has 4 heteroatoms. The Morgan fingerprint density at radius 3 is 2.43 bits per heavy atom. The molecule has 2 rings (SSSR count). The van der Waals surface area contributed by atoms with E-state index in [-0.39, 0.29) is 6.61 Å². The lowest BCUT2D eigenvalue weighted by Gasteiger charge is -2.21. The lowest BCUT2D eigenvalue weighted by Crippen LogP contribution is -2.32. The molecule has 0 saturated carbocycles. The third-order valence-electron chi connectivity index (χ3n) is 3.56. The summed E-state index contributed by atoms with van der Waals surface area (Å²) in [6, 6.07) is 13.8. The van der Waals surface area contributed by atoms with Crippen LogP contribution in [-0.2, 0) is 6.54 Å². The van der Waals surface area contributed by atoms with Gasteiger partial charge in [-0.15, -0.1) is 0 Å². The third-order valence-corrected chi connectivity index (χ3v) is 3.93. The molecule has 0 aliphatic rings. The maximum Gasteiger partial charge on any atom is 0.119 e. The van der Waals surface area contributed by atoms with E-state index >= 15 is 0 Å². The lowest BCUT2D eigenvalue weighted by atomic mass is 10.1. The molecule has 0 bridgehead atoms. The molecule has 2 aromatic rings. The van der Waals surface area contributed by atoms with E-state index in [1.54, 1.807) is 0 Å². The zero-order valence-electron chi connectivity index (χ0n) is 13.9. The summed E-state index contributed by atoms with van der Waals surface area (Å²) in [4.78, 5) is 2.04. The average molecular weight is 334 g/mol. The summed E-state index contributed by atoms with van der Waals surface area (Å²) in [5.41, 5.74) is 3.37. The number of benzene rings is 2. The van der Waals surface area contributed by atoms with Gasteiger partial charge in [-0.3, -0.25) is 4.90 Å². The van der Waals surface area contributed by atoms with E-state index in [1.807, 2.05) is 62.2 Å². The summed E-state index contributed by atoms with van der Waals surface area (Å²) in [7, 11) is 1.96. The van der Waals surface area contributed by atoms with Crippen LogP contribution in [-0.4, -0.2) is 36.3 Å². The number of hydrogen-bond donors (Lipinski definition) is 1. The first kappa shape index (κ1) is 17.8. The van der Waals surface area contributed by atoms with E-state index < -0.39 is 6.10 Å². The molecule has 1 N–H and O–H groups in total. The molecule has 23 heavy (non-hydrogen) atoms. The second-order valence-corrected chi connectivity index (χ2v) is 6.48. The van der Waals surface area contributed by atoms with Crippen molar-refractivity contribution in [3.63, 3.8) is 0 Å². The molecule has 0 amide bonds. The van der Waals surface area contributed by atoms with E-state index in [4.69, 9.17) is 16.3 Å². The van der Waals surface area contributed by atoms with E-state index in [0.29, 0.717) is 13.1 Å². The highest BCUT2D eigenvalue weighted by atomic mass is 35.5. The average Bonchev–Trinajstić information content (AvgIpc) is 2.46. The second-order valence-electron chi connectivity index (χ2n) is 6.08. The molecule has 0 fully saturated rings. The fourth-order valence-electron chi connectivity index (χ4n) is 2.60. The predicted octanol–water partition coefficient (Wildman–Crippen LogP) is 3.83. The van der Waals surface area contributed by atoms with Crippen molar-refractivity contribution in [3.8, 4) is 5.75 Å². The van der Waals surface area contributed by atoms with E-state index in [2.05, 4.69) is 6.07 Å². The molecule has 124 valence electrons. The number of likely N-dealkylation sites (N-methyl/N-ethyl adjacent to an activating group) is 1. The molecule has 0 radical (unpaired) electrons. The molecular weight excluding hydrogens is 310 g/mol. The molecule has 0 heterocycles. The summed E-state index contributed by atoms with van der Waals surface area (Å²) in [6.45, 7) is 5.56. The summed E-state index contributed by atoms with van der Waals surface area (Å²) in [5.74, 6) is 0.801. The number of aryl methyl sites for hydroxylation is 2. The van der Waals surface area contributed by atoms with Gasteiger partial charge in [0.1, 0.15) is 18.5 Å². The van der Waals surface area contributed by atoms with Crippen LogP contribution < -0.4 is 4.74 Å². The number of rotatable bonds is 7. The van der Waals surface area contributed by atoms with E-state index in [9.17, 15) is 5.11 Å². The van der Waals surface area contributed by atoms with Gasteiger partial charge in [0, 0.05) is 18.1 Å². The van der Waals surface area contributed by atoms with Crippen LogP contribution >= 0.6 is 11.6 Å². The molecule has 0 aliphatic carbocycles. The van der Waals surface area contributed by atoms with Gasteiger partial charge in [-0.05, 0) is 55.8 Å². The molecular formula is C19H24ClNO2. The summed E-state index contributed by atoms with van der Waals surface area (Å²) in [5, 5.41) is 10.9. The van der Waals surface area contributed by atoms with Gasteiger partial charge in [0.05, 0.1) is 0 Å². The molecule has 0 spiro atoms. The Bertz CT molecular complexity index is 625. The number of hydrogen-bond acceptors (Lipinski definition) is 3. The number of aliphatic hydroxyl groups is 1. The van der Waals surface area contributed by atoms with Gasteiger partial charge in [0.2, 0.25) is 0 Å². The fourth-order valence-corrected chi connectivity index (χ4v) is 2.80. The zero-order chi connectivity index (χ0) is 16.8. The standard InChI is InChI=1S/C19H24ClNO2/c1-14-8-15(2)10-18(9-14)23-13-17(22)12-21(3)11-16-6-4-5-7-19(16)20/h4-10,17,22H,11-13H2,1-3H3. The molecule has 1 unspecified atom stereocenters. The van der Waals surface area contributed by atoms with Gasteiger partial charge in [0.25, 0.3) is 0 Å². The van der Waals surface area contributed by atoms with Crippen LogP contribution in [0.2, 0.25) is 5.02 Å². The highest BCUT2D eigenvalue weighted by molar-refractivity contribution is 6.31. The monoisotopic (exact) mass is 333 g/mol. The Morgan fingerprint density at radius 1 is 1.13 bits per heavy atom. The van der Waals surface area contributed by atoms with E-state index in [0.717, 1.165) is 27.5 Å². The predicted molar refractivity (Wildman–Crippen MR) is 95.2 cm³/mol. The van der Waals surface area contributed by atoms with Crippen molar-refractivity contribution < 1.29 is 9.84 Å². The first-order valence-corrected chi connectivity index (χ1v) is 8.13. The Labute approximate surface area is 143 Å². The minimum absolute atomic E-state index is 0.274. The van der Waals surface area contributed by atoms with Gasteiger partial charge in [-0.1, -0.05) is 35.9 Å². The fraction of sp³-hybridized carbons (Fsp3) is 0.368. The Morgan fingerprint density at radius 2 is 1.78 bits per heavy atom. The van der Waals surface area contributed by atoms with Crippen LogP contribution in [0.4, 0.5) is 0 Å². The SMILES string of the molecule is Cc1cc(C)cc(OCC(O)CN(C)Cc2ccccc2Cl)c1. The van der Waals surface area contributed by atoms with Gasteiger partial charge in [0.15, 0.2) is 0 Å². The maximum absolute atomic E-state index is 10.2. The van der Waals surface area contributed by atoms with Crippen LogP contribution in [0.1, 0.15) is 16.7 Å². The van der Waals surface area contributed by atoms with Crippen LogP contribution in [0.3, 0.4) is 0 Å². The smallest absolute Gasteiger partial charge is 0.119 e. The summed E-state index contributed by atoms with van der Waals surface area (Å²) < 4.78 is 5.70. The van der Waals surface area contributed by atoms with Crippen LogP contribution in [0, 0.1) is 13.8 Å². The number of ether oxygens (including phenoxy) is 1. The molecule has 2 aromatic carbocycles. The largest absolute Gasteiger partial charge is 0.491 e. The Hall–Kier alpha value is -1.55. The van der Waals surface area contributed by atoms with E-state index in [1.165, 1.54) is 0 Å². The molecule has 0 saturated heterocycles. The van der Waals surface area contributed by atoms with Gasteiger partial charge in [-0.2, -0.15) is 0 Å². The van der Waals surface area contributed by atoms with Crippen LogP contribution in [0.15, 0.2) is 42.5 Å². The summed E-state index contributed by atoms with van der Waals surface area (Å²) >= 11 is 6.16. The van der Waals surface area contributed by atoms with Gasteiger partial charge < -0.3 is 9.84 Å². The van der Waals surface area contributed by atoms with Crippen molar-refractivity contribution in [3.05, 3.63) is 64.2 Å². The van der Waals surface area contributed by atoms with Crippen molar-refractivity contribution in [2.45, 2.75) is 26.5 Å². The number of aliphatic hydroxyl groups excluding tert-OH is 1. The van der Waals surface area contributed by atoms with Crippen molar-refractivity contribution in [2.75, 3.05) is 20.2 Å². The third kappa shape index (κ3) is 5.87. The van der Waals surface area contributed by atoms with Crippen LogP contribution in [0.5, 0.6) is 5.75 Å². The molecule has 0 aliphatic heterocycles. The molecule has 1 atom stereocenters. The zero-order valence-corrected chi connectivity index (χ0v) is 14.7. The quantitative estimate of drug-likeness (QED) is 0.836. The highest BCUT2D eigenvalue weighted by Crippen LogP contribution is 2.18. The minimum atomic E-state index is -0.552.